The van der Waals surface area contributed by atoms with Crippen LogP contribution in [0.5, 0.6) is 0 Å². The molecule has 0 spiro atoms. The van der Waals surface area contributed by atoms with Gasteiger partial charge in [0, 0.05) is 24.6 Å². The van der Waals surface area contributed by atoms with Gasteiger partial charge in [0.2, 0.25) is 10.0 Å². The van der Waals surface area contributed by atoms with Crippen molar-refractivity contribution in [2.24, 2.45) is 0 Å². The van der Waals surface area contributed by atoms with E-state index in [1.165, 1.54) is 0 Å². The first-order valence-corrected chi connectivity index (χ1v) is 8.19. The Morgan fingerprint density at radius 3 is 2.75 bits per heavy atom. The van der Waals surface area contributed by atoms with E-state index in [2.05, 4.69) is 21.9 Å². The summed E-state index contributed by atoms with van der Waals surface area (Å²) in [4.78, 5) is 4.27. The van der Waals surface area contributed by atoms with Crippen LogP contribution < -0.4 is 10.0 Å². The minimum atomic E-state index is -3.26. The Morgan fingerprint density at radius 2 is 2.05 bits per heavy atom. The lowest BCUT2D eigenvalue weighted by Crippen LogP contribution is -2.10. The summed E-state index contributed by atoms with van der Waals surface area (Å²) in [7, 11) is -3.26. The van der Waals surface area contributed by atoms with Crippen molar-refractivity contribution in [1.29, 1.82) is 0 Å². The number of sulfonamides is 1. The zero-order valence-corrected chi connectivity index (χ0v) is 12.3. The molecule has 0 unspecified atom stereocenters. The van der Waals surface area contributed by atoms with Gasteiger partial charge in [-0.05, 0) is 25.1 Å². The van der Waals surface area contributed by atoms with Crippen LogP contribution in [0.4, 0.5) is 11.4 Å². The average molecular weight is 294 g/mol. The van der Waals surface area contributed by atoms with Gasteiger partial charge in [-0.3, -0.25) is 4.72 Å². The molecule has 0 aliphatic rings. The highest BCUT2D eigenvalue weighted by Gasteiger charge is 2.04. The molecule has 0 radical (unpaired) electrons. The molecule has 1 aromatic carbocycles. The van der Waals surface area contributed by atoms with Crippen LogP contribution in [0.1, 0.15) is 12.7 Å². The zero-order chi connectivity index (χ0) is 14.6. The fraction of sp³-hybridized carbons (Fsp3) is 0.308. The number of hydrogen-bond acceptors (Lipinski definition) is 4. The Hall–Kier alpha value is -2.02. The molecule has 0 saturated heterocycles. The number of imidazole rings is 1. The molecule has 2 N–H and O–H groups in total. The van der Waals surface area contributed by atoms with Gasteiger partial charge < -0.3 is 9.88 Å². The summed E-state index contributed by atoms with van der Waals surface area (Å²) >= 11 is 0. The summed E-state index contributed by atoms with van der Waals surface area (Å²) in [5.74, 6) is 0.939. The second-order valence-electron chi connectivity index (χ2n) is 4.44. The largest absolute Gasteiger partial charge is 0.378 e. The maximum atomic E-state index is 11.2. The van der Waals surface area contributed by atoms with Crippen molar-refractivity contribution >= 4 is 21.4 Å². The van der Waals surface area contributed by atoms with Crippen LogP contribution >= 0.6 is 0 Å². The van der Waals surface area contributed by atoms with Crippen LogP contribution in [0.3, 0.4) is 0 Å². The standard InChI is InChI=1S/C13H18N4O2S/c1-3-17-8-7-14-13(17)10-15-11-5-4-6-12(9-11)16-20(2,18)19/h4-9,15-16H,3,10H2,1-2H3. The fourth-order valence-corrected chi connectivity index (χ4v) is 2.44. The lowest BCUT2D eigenvalue weighted by atomic mass is 10.3. The maximum absolute atomic E-state index is 11.2. The lowest BCUT2D eigenvalue weighted by molar-refractivity contribution is 0.607. The Bertz CT molecular complexity index is 679. The Morgan fingerprint density at radius 1 is 1.30 bits per heavy atom. The number of anilines is 2. The quantitative estimate of drug-likeness (QED) is 0.853. The molecule has 2 aromatic rings. The SMILES string of the molecule is CCn1ccnc1CNc1cccc(NS(C)(=O)=O)c1. The molecule has 108 valence electrons. The van der Waals surface area contributed by atoms with Crippen LogP contribution in [-0.2, 0) is 23.1 Å². The predicted molar refractivity (Wildman–Crippen MR) is 80.1 cm³/mol. The van der Waals surface area contributed by atoms with Crippen LogP contribution in [-0.4, -0.2) is 24.2 Å². The molecule has 7 heteroatoms. The van der Waals surface area contributed by atoms with Crippen molar-refractivity contribution in [3.8, 4) is 0 Å². The summed E-state index contributed by atoms with van der Waals surface area (Å²) in [6, 6.07) is 7.13. The van der Waals surface area contributed by atoms with E-state index in [-0.39, 0.29) is 0 Å². The first-order chi connectivity index (χ1) is 9.48. The van der Waals surface area contributed by atoms with E-state index < -0.39 is 10.0 Å². The van der Waals surface area contributed by atoms with E-state index in [4.69, 9.17) is 0 Å². The van der Waals surface area contributed by atoms with Crippen LogP contribution in [0.25, 0.3) is 0 Å². The molecule has 0 aliphatic carbocycles. The molecule has 0 aliphatic heterocycles. The summed E-state index contributed by atoms with van der Waals surface area (Å²) in [5.41, 5.74) is 1.38. The van der Waals surface area contributed by atoms with Crippen LogP contribution in [0.2, 0.25) is 0 Å². The van der Waals surface area contributed by atoms with E-state index in [0.29, 0.717) is 12.2 Å². The topological polar surface area (TPSA) is 76.0 Å². The summed E-state index contributed by atoms with van der Waals surface area (Å²) in [6.07, 6.45) is 4.83. The number of aromatic nitrogens is 2. The lowest BCUT2D eigenvalue weighted by Gasteiger charge is -2.10. The molecule has 0 fully saturated rings. The monoisotopic (exact) mass is 294 g/mol. The van der Waals surface area contributed by atoms with Gasteiger partial charge in [0.15, 0.2) is 0 Å². The van der Waals surface area contributed by atoms with Crippen molar-refractivity contribution in [2.75, 3.05) is 16.3 Å². The van der Waals surface area contributed by atoms with Gasteiger partial charge in [-0.1, -0.05) is 6.07 Å². The molecule has 0 atom stereocenters. The summed E-state index contributed by atoms with van der Waals surface area (Å²) < 4.78 is 26.9. The second-order valence-corrected chi connectivity index (χ2v) is 6.19. The highest BCUT2D eigenvalue weighted by atomic mass is 32.2. The number of benzene rings is 1. The minimum Gasteiger partial charge on any atom is -0.378 e. The Kier molecular flexibility index (Phi) is 4.29. The number of rotatable bonds is 6. The van der Waals surface area contributed by atoms with Gasteiger partial charge in [0.25, 0.3) is 0 Å². The summed E-state index contributed by atoms with van der Waals surface area (Å²) in [5, 5.41) is 3.23. The zero-order valence-electron chi connectivity index (χ0n) is 11.5. The highest BCUT2D eigenvalue weighted by Crippen LogP contribution is 2.16. The molecule has 0 amide bonds. The van der Waals surface area contributed by atoms with Crippen molar-refractivity contribution in [1.82, 2.24) is 9.55 Å². The van der Waals surface area contributed by atoms with Gasteiger partial charge in [-0.25, -0.2) is 13.4 Å². The molecule has 1 heterocycles. The normalized spacial score (nSPS) is 11.3. The van der Waals surface area contributed by atoms with E-state index in [0.717, 1.165) is 24.3 Å². The number of nitrogens with one attached hydrogen (secondary N) is 2. The van der Waals surface area contributed by atoms with Gasteiger partial charge in [0.1, 0.15) is 5.82 Å². The molecule has 1 aromatic heterocycles. The van der Waals surface area contributed by atoms with Crippen molar-refractivity contribution < 1.29 is 8.42 Å². The molecule has 6 nitrogen and oxygen atoms in total. The van der Waals surface area contributed by atoms with Crippen molar-refractivity contribution in [3.63, 3.8) is 0 Å². The molecule has 2 rings (SSSR count). The third-order valence-corrected chi connectivity index (χ3v) is 3.37. The first-order valence-electron chi connectivity index (χ1n) is 6.29. The Balaban J connectivity index is 2.05. The molecule has 0 bridgehead atoms. The van der Waals surface area contributed by atoms with Gasteiger partial charge >= 0.3 is 0 Å². The Labute approximate surface area is 118 Å². The fourth-order valence-electron chi connectivity index (χ4n) is 1.88. The molecular formula is C13H18N4O2S. The number of aryl methyl sites for hydroxylation is 1. The summed E-state index contributed by atoms with van der Waals surface area (Å²) in [6.45, 7) is 3.51. The predicted octanol–water partition coefficient (Wildman–Crippen LogP) is 1.89. The first kappa shape index (κ1) is 14.4. The molecule has 20 heavy (non-hydrogen) atoms. The average Bonchev–Trinajstić information content (AvgIpc) is 2.82. The maximum Gasteiger partial charge on any atom is 0.229 e. The smallest absolute Gasteiger partial charge is 0.229 e. The van der Waals surface area contributed by atoms with E-state index in [9.17, 15) is 8.42 Å². The van der Waals surface area contributed by atoms with Crippen molar-refractivity contribution in [3.05, 3.63) is 42.5 Å². The number of hydrogen-bond donors (Lipinski definition) is 2. The van der Waals surface area contributed by atoms with E-state index in [1.54, 1.807) is 24.4 Å². The minimum absolute atomic E-state index is 0.538. The van der Waals surface area contributed by atoms with Gasteiger partial charge in [0.05, 0.1) is 18.5 Å². The third-order valence-electron chi connectivity index (χ3n) is 2.76. The van der Waals surface area contributed by atoms with Crippen LogP contribution in [0, 0.1) is 0 Å². The van der Waals surface area contributed by atoms with E-state index >= 15 is 0 Å². The molecule has 0 saturated carbocycles. The number of nitrogens with zero attached hydrogens (tertiary/aromatic N) is 2. The van der Waals surface area contributed by atoms with Crippen LogP contribution in [0.15, 0.2) is 36.7 Å². The van der Waals surface area contributed by atoms with Gasteiger partial charge in [-0.15, -0.1) is 0 Å². The van der Waals surface area contributed by atoms with E-state index in [1.807, 2.05) is 16.8 Å². The molecular weight excluding hydrogens is 276 g/mol. The second kappa shape index (κ2) is 5.96. The highest BCUT2D eigenvalue weighted by molar-refractivity contribution is 7.92. The van der Waals surface area contributed by atoms with Gasteiger partial charge in [-0.2, -0.15) is 0 Å². The van der Waals surface area contributed by atoms with Crippen molar-refractivity contribution in [2.45, 2.75) is 20.0 Å². The third kappa shape index (κ3) is 3.99.